The summed E-state index contributed by atoms with van der Waals surface area (Å²) in [7, 11) is 2.09. The van der Waals surface area contributed by atoms with Crippen LogP contribution in [0, 0.1) is 6.92 Å². The molecular weight excluding hydrogens is 296 g/mol. The van der Waals surface area contributed by atoms with Gasteiger partial charge in [-0.05, 0) is 26.1 Å². The van der Waals surface area contributed by atoms with E-state index in [2.05, 4.69) is 21.9 Å². The third kappa shape index (κ3) is 3.39. The Morgan fingerprint density at radius 1 is 1.14 bits per heavy atom. The number of aryl methyl sites for hydroxylation is 1. The molecule has 0 spiro atoms. The van der Waals surface area contributed by atoms with E-state index >= 15 is 0 Å². The second-order valence-electron chi connectivity index (χ2n) is 5.58. The molecule has 1 aliphatic heterocycles. The number of para-hydroxylation sites is 2. The normalized spacial score (nSPS) is 16.2. The Morgan fingerprint density at radius 3 is 2.45 bits per heavy atom. The van der Waals surface area contributed by atoms with E-state index in [1.165, 1.54) is 11.8 Å². The lowest BCUT2D eigenvalue weighted by atomic mass is 10.3. The van der Waals surface area contributed by atoms with E-state index in [0.717, 1.165) is 47.9 Å². The fourth-order valence-electron chi connectivity index (χ4n) is 2.49. The molecule has 116 valence electrons. The number of amides is 1. The maximum Gasteiger partial charge on any atom is 0.233 e. The summed E-state index contributed by atoms with van der Waals surface area (Å²) in [4.78, 5) is 25.7. The highest BCUT2D eigenvalue weighted by Crippen LogP contribution is 2.22. The number of hydrogen-bond donors (Lipinski definition) is 0. The Hall–Kier alpha value is -1.66. The van der Waals surface area contributed by atoms with E-state index in [0.29, 0.717) is 5.75 Å². The summed E-state index contributed by atoms with van der Waals surface area (Å²) in [5, 5.41) is 0.848. The number of rotatable bonds is 3. The summed E-state index contributed by atoms with van der Waals surface area (Å²) >= 11 is 1.49. The van der Waals surface area contributed by atoms with Crippen molar-refractivity contribution in [3.05, 3.63) is 30.0 Å². The van der Waals surface area contributed by atoms with E-state index in [1.807, 2.05) is 36.1 Å². The number of thioether (sulfide) groups is 1. The number of carbonyl (C=O) groups excluding carboxylic acids is 1. The molecule has 0 unspecified atom stereocenters. The molecule has 0 atom stereocenters. The van der Waals surface area contributed by atoms with Gasteiger partial charge >= 0.3 is 0 Å². The average molecular weight is 316 g/mol. The van der Waals surface area contributed by atoms with Crippen LogP contribution in [0.5, 0.6) is 0 Å². The number of nitrogens with zero attached hydrogens (tertiary/aromatic N) is 4. The van der Waals surface area contributed by atoms with E-state index in [-0.39, 0.29) is 5.91 Å². The summed E-state index contributed by atoms with van der Waals surface area (Å²) in [5.74, 6) is 0.616. The summed E-state index contributed by atoms with van der Waals surface area (Å²) in [5.41, 5.74) is 2.66. The average Bonchev–Trinajstić information content (AvgIpc) is 2.53. The predicted octanol–water partition coefficient (Wildman–Crippen LogP) is 1.80. The van der Waals surface area contributed by atoms with Crippen molar-refractivity contribution < 1.29 is 4.79 Å². The Balaban J connectivity index is 1.66. The minimum atomic E-state index is 0.187. The summed E-state index contributed by atoms with van der Waals surface area (Å²) < 4.78 is 0. The minimum Gasteiger partial charge on any atom is -0.339 e. The minimum absolute atomic E-state index is 0.187. The molecule has 22 heavy (non-hydrogen) atoms. The summed E-state index contributed by atoms with van der Waals surface area (Å²) in [6.45, 7) is 5.48. The highest BCUT2D eigenvalue weighted by atomic mass is 32.2. The van der Waals surface area contributed by atoms with Crippen LogP contribution >= 0.6 is 11.8 Å². The van der Waals surface area contributed by atoms with Crippen LogP contribution in [0.4, 0.5) is 0 Å². The third-order valence-electron chi connectivity index (χ3n) is 3.89. The van der Waals surface area contributed by atoms with Gasteiger partial charge in [-0.15, -0.1) is 0 Å². The largest absolute Gasteiger partial charge is 0.339 e. The second kappa shape index (κ2) is 6.62. The molecule has 2 heterocycles. The summed E-state index contributed by atoms with van der Waals surface area (Å²) in [6, 6.07) is 7.82. The Labute approximate surface area is 134 Å². The van der Waals surface area contributed by atoms with Crippen molar-refractivity contribution in [1.82, 2.24) is 19.8 Å². The van der Waals surface area contributed by atoms with Gasteiger partial charge in [-0.25, -0.2) is 9.97 Å². The van der Waals surface area contributed by atoms with Gasteiger partial charge in [-0.2, -0.15) is 0 Å². The van der Waals surface area contributed by atoms with Gasteiger partial charge in [0.15, 0.2) is 0 Å². The van der Waals surface area contributed by atoms with Gasteiger partial charge in [0.25, 0.3) is 0 Å². The molecule has 0 radical (unpaired) electrons. The number of benzene rings is 1. The number of piperazine rings is 1. The fourth-order valence-corrected chi connectivity index (χ4v) is 3.35. The van der Waals surface area contributed by atoms with Crippen LogP contribution in [-0.4, -0.2) is 64.7 Å². The zero-order valence-electron chi connectivity index (χ0n) is 13.0. The molecule has 6 heteroatoms. The molecule has 1 amide bonds. The number of aromatic nitrogens is 2. The lowest BCUT2D eigenvalue weighted by Gasteiger charge is -2.32. The van der Waals surface area contributed by atoms with Gasteiger partial charge in [0.1, 0.15) is 5.03 Å². The Kier molecular flexibility index (Phi) is 4.59. The van der Waals surface area contributed by atoms with Crippen molar-refractivity contribution in [2.24, 2.45) is 0 Å². The number of fused-ring (bicyclic) bond motifs is 1. The van der Waals surface area contributed by atoms with E-state index in [4.69, 9.17) is 0 Å². The van der Waals surface area contributed by atoms with Crippen molar-refractivity contribution in [1.29, 1.82) is 0 Å². The molecule has 5 nitrogen and oxygen atoms in total. The van der Waals surface area contributed by atoms with Crippen LogP contribution < -0.4 is 0 Å². The smallest absolute Gasteiger partial charge is 0.233 e. The molecule has 0 saturated carbocycles. The monoisotopic (exact) mass is 316 g/mol. The lowest BCUT2D eigenvalue weighted by molar-refractivity contribution is -0.129. The van der Waals surface area contributed by atoms with Gasteiger partial charge in [-0.1, -0.05) is 23.9 Å². The second-order valence-corrected chi connectivity index (χ2v) is 6.54. The van der Waals surface area contributed by atoms with Crippen LogP contribution in [0.25, 0.3) is 11.0 Å². The molecule has 1 aromatic carbocycles. The first-order chi connectivity index (χ1) is 10.6. The predicted molar refractivity (Wildman–Crippen MR) is 89.1 cm³/mol. The van der Waals surface area contributed by atoms with Crippen molar-refractivity contribution in [2.45, 2.75) is 11.9 Å². The zero-order valence-corrected chi connectivity index (χ0v) is 13.8. The molecule has 0 bridgehead atoms. The van der Waals surface area contributed by atoms with Crippen molar-refractivity contribution in [3.8, 4) is 0 Å². The van der Waals surface area contributed by atoms with Crippen molar-refractivity contribution in [2.75, 3.05) is 39.0 Å². The first-order valence-electron chi connectivity index (χ1n) is 7.46. The topological polar surface area (TPSA) is 49.3 Å². The quantitative estimate of drug-likeness (QED) is 0.808. The fraction of sp³-hybridized carbons (Fsp3) is 0.438. The van der Waals surface area contributed by atoms with Gasteiger partial charge < -0.3 is 9.80 Å². The van der Waals surface area contributed by atoms with Gasteiger partial charge in [-0.3, -0.25) is 4.79 Å². The van der Waals surface area contributed by atoms with Crippen LogP contribution in [0.3, 0.4) is 0 Å². The number of likely N-dealkylation sites (N-methyl/N-ethyl adjacent to an activating group) is 1. The molecule has 1 aliphatic rings. The Morgan fingerprint density at radius 2 is 1.77 bits per heavy atom. The van der Waals surface area contributed by atoms with Crippen LogP contribution in [-0.2, 0) is 4.79 Å². The molecule has 0 aliphatic carbocycles. The maximum atomic E-state index is 12.3. The van der Waals surface area contributed by atoms with E-state index in [1.54, 1.807) is 0 Å². The molecular formula is C16H20N4OS. The molecule has 1 aromatic heterocycles. The SMILES string of the molecule is Cc1nc2ccccc2nc1SCC(=O)N1CCN(C)CC1. The van der Waals surface area contributed by atoms with Gasteiger partial charge in [0, 0.05) is 26.2 Å². The van der Waals surface area contributed by atoms with Gasteiger partial charge in [0.05, 0.1) is 22.5 Å². The maximum absolute atomic E-state index is 12.3. The Bertz CT molecular complexity index is 683. The number of carbonyl (C=O) groups is 1. The molecule has 1 fully saturated rings. The molecule has 1 saturated heterocycles. The van der Waals surface area contributed by atoms with Crippen molar-refractivity contribution >= 4 is 28.7 Å². The summed E-state index contributed by atoms with van der Waals surface area (Å²) in [6.07, 6.45) is 0. The standard InChI is InChI=1S/C16H20N4OS/c1-12-16(18-14-6-4-3-5-13(14)17-12)22-11-15(21)20-9-7-19(2)8-10-20/h3-6H,7-11H2,1-2H3. The van der Waals surface area contributed by atoms with Crippen LogP contribution in [0.15, 0.2) is 29.3 Å². The first-order valence-corrected chi connectivity index (χ1v) is 8.44. The third-order valence-corrected chi connectivity index (χ3v) is 4.94. The van der Waals surface area contributed by atoms with E-state index in [9.17, 15) is 4.79 Å². The number of hydrogen-bond acceptors (Lipinski definition) is 5. The zero-order chi connectivity index (χ0) is 15.5. The lowest BCUT2D eigenvalue weighted by Crippen LogP contribution is -2.47. The molecule has 2 aromatic rings. The van der Waals surface area contributed by atoms with Crippen LogP contribution in [0.2, 0.25) is 0 Å². The van der Waals surface area contributed by atoms with E-state index < -0.39 is 0 Å². The van der Waals surface area contributed by atoms with Crippen molar-refractivity contribution in [3.63, 3.8) is 0 Å². The first kappa shape index (κ1) is 15.2. The van der Waals surface area contributed by atoms with Crippen LogP contribution in [0.1, 0.15) is 5.69 Å². The molecule has 3 rings (SSSR count). The highest BCUT2D eigenvalue weighted by Gasteiger charge is 2.19. The molecule has 0 N–H and O–H groups in total. The highest BCUT2D eigenvalue weighted by molar-refractivity contribution is 7.99. The van der Waals surface area contributed by atoms with Gasteiger partial charge in [0.2, 0.25) is 5.91 Å².